The van der Waals surface area contributed by atoms with E-state index < -0.39 is 6.10 Å². The van der Waals surface area contributed by atoms with E-state index in [1.165, 1.54) is 32.1 Å². The summed E-state index contributed by atoms with van der Waals surface area (Å²) in [4.78, 5) is 37.2. The first-order valence-corrected chi connectivity index (χ1v) is 19.9. The molecule has 0 radical (unpaired) electrons. The van der Waals surface area contributed by atoms with Crippen molar-refractivity contribution in [2.24, 2.45) is 0 Å². The maximum Gasteiger partial charge on any atom is 0.306 e. The monoisotopic (exact) mass is 697 g/mol. The lowest BCUT2D eigenvalue weighted by Crippen LogP contribution is -2.30. The lowest BCUT2D eigenvalue weighted by Gasteiger charge is -2.18. The first kappa shape index (κ1) is 46.9. The molecule has 0 aliphatic rings. The molecule has 0 aromatic rings. The predicted molar refractivity (Wildman–Crippen MR) is 210 cm³/mol. The van der Waals surface area contributed by atoms with Gasteiger partial charge in [0.2, 0.25) is 0 Å². The second-order valence-corrected chi connectivity index (χ2v) is 12.8. The van der Waals surface area contributed by atoms with Crippen molar-refractivity contribution in [1.82, 2.24) is 0 Å². The molecule has 6 nitrogen and oxygen atoms in total. The number of carbonyl (C=O) groups excluding carboxylic acids is 3. The van der Waals surface area contributed by atoms with E-state index in [1.54, 1.807) is 0 Å². The van der Waals surface area contributed by atoms with Gasteiger partial charge in [0.15, 0.2) is 6.10 Å². The number of rotatable bonds is 34. The summed E-state index contributed by atoms with van der Waals surface area (Å²) in [5.41, 5.74) is 0. The first-order chi connectivity index (χ1) is 24.5. The Bertz CT molecular complexity index is 986. The van der Waals surface area contributed by atoms with Gasteiger partial charge in [-0.1, -0.05) is 164 Å². The quantitative estimate of drug-likeness (QED) is 0.0288. The van der Waals surface area contributed by atoms with Crippen molar-refractivity contribution >= 4 is 17.9 Å². The number of hydrogen-bond donors (Lipinski definition) is 0. The van der Waals surface area contributed by atoms with E-state index >= 15 is 0 Å². The Hall–Kier alpha value is -3.15. The number of hydrogen-bond acceptors (Lipinski definition) is 6. The lowest BCUT2D eigenvalue weighted by molar-refractivity contribution is -0.166. The van der Waals surface area contributed by atoms with Gasteiger partial charge in [-0.05, 0) is 57.8 Å². The minimum Gasteiger partial charge on any atom is -0.462 e. The van der Waals surface area contributed by atoms with Crippen molar-refractivity contribution in [3.05, 3.63) is 72.9 Å². The molecule has 0 aliphatic carbocycles. The van der Waals surface area contributed by atoms with Gasteiger partial charge in [0.25, 0.3) is 0 Å². The Morgan fingerprint density at radius 3 is 1.22 bits per heavy atom. The normalized spacial score (nSPS) is 12.8. The third-order valence-corrected chi connectivity index (χ3v) is 7.99. The highest BCUT2D eigenvalue weighted by Crippen LogP contribution is 2.12. The van der Waals surface area contributed by atoms with Crippen LogP contribution in [0.15, 0.2) is 72.9 Å². The smallest absolute Gasteiger partial charge is 0.306 e. The van der Waals surface area contributed by atoms with E-state index in [0.29, 0.717) is 19.3 Å². The Morgan fingerprint density at radius 2 is 0.780 bits per heavy atom. The summed E-state index contributed by atoms with van der Waals surface area (Å²) in [6.07, 6.45) is 46.5. The molecule has 0 spiro atoms. The van der Waals surface area contributed by atoms with Crippen molar-refractivity contribution in [2.75, 3.05) is 13.2 Å². The molecule has 0 rings (SSSR count). The molecule has 6 heteroatoms. The largest absolute Gasteiger partial charge is 0.462 e. The van der Waals surface area contributed by atoms with Crippen LogP contribution in [0.1, 0.15) is 168 Å². The van der Waals surface area contributed by atoms with Crippen LogP contribution in [0.3, 0.4) is 0 Å². The van der Waals surface area contributed by atoms with Crippen LogP contribution in [-0.4, -0.2) is 37.2 Å². The van der Waals surface area contributed by atoms with Crippen LogP contribution in [0.25, 0.3) is 0 Å². The van der Waals surface area contributed by atoms with Crippen molar-refractivity contribution < 1.29 is 28.6 Å². The van der Waals surface area contributed by atoms with Crippen LogP contribution < -0.4 is 0 Å². The maximum atomic E-state index is 12.5. The highest BCUT2D eigenvalue weighted by atomic mass is 16.6. The van der Waals surface area contributed by atoms with Gasteiger partial charge in [-0.3, -0.25) is 14.4 Å². The van der Waals surface area contributed by atoms with Crippen LogP contribution in [0.5, 0.6) is 0 Å². The summed E-state index contributed by atoms with van der Waals surface area (Å²) < 4.78 is 16.4. The molecule has 0 bridgehead atoms. The molecule has 0 aliphatic heterocycles. The zero-order chi connectivity index (χ0) is 36.6. The van der Waals surface area contributed by atoms with Crippen LogP contribution in [-0.2, 0) is 28.6 Å². The summed E-state index contributed by atoms with van der Waals surface area (Å²) in [5.74, 6) is -1.02. The highest BCUT2D eigenvalue weighted by molar-refractivity contribution is 5.71. The van der Waals surface area contributed by atoms with Crippen LogP contribution in [0, 0.1) is 0 Å². The SMILES string of the molecule is CC/C=C\C/C=C\C/C=C\C/C=C\C/C=C\C/C=C\CCC(=O)OCC(COC(=O)CCCCCCC)OC(=O)CCCCCCCCCC. The van der Waals surface area contributed by atoms with Gasteiger partial charge >= 0.3 is 17.9 Å². The zero-order valence-electron chi connectivity index (χ0n) is 32.1. The Kier molecular flexibility index (Phi) is 36.2. The molecule has 0 saturated carbocycles. The number of ether oxygens (including phenoxy) is 3. The molecule has 284 valence electrons. The van der Waals surface area contributed by atoms with Crippen LogP contribution >= 0.6 is 0 Å². The van der Waals surface area contributed by atoms with E-state index in [2.05, 4.69) is 81.5 Å². The number of allylic oxidation sites excluding steroid dienone is 12. The molecule has 0 heterocycles. The van der Waals surface area contributed by atoms with Gasteiger partial charge in [-0.15, -0.1) is 0 Å². The minimum absolute atomic E-state index is 0.0998. The van der Waals surface area contributed by atoms with Crippen molar-refractivity contribution in [2.45, 2.75) is 175 Å². The second kappa shape index (κ2) is 38.6. The average Bonchev–Trinajstić information content (AvgIpc) is 3.11. The van der Waals surface area contributed by atoms with Gasteiger partial charge in [0.05, 0.1) is 0 Å². The van der Waals surface area contributed by atoms with Gasteiger partial charge < -0.3 is 14.2 Å². The van der Waals surface area contributed by atoms with Gasteiger partial charge in [-0.2, -0.15) is 0 Å². The lowest BCUT2D eigenvalue weighted by atomic mass is 10.1. The van der Waals surface area contributed by atoms with E-state index in [1.807, 2.05) is 12.2 Å². The molecule has 0 aromatic heterocycles. The van der Waals surface area contributed by atoms with E-state index in [9.17, 15) is 14.4 Å². The van der Waals surface area contributed by atoms with E-state index in [4.69, 9.17) is 14.2 Å². The molecular formula is C44H72O6. The van der Waals surface area contributed by atoms with Crippen molar-refractivity contribution in [1.29, 1.82) is 0 Å². The average molecular weight is 697 g/mol. The molecule has 0 saturated heterocycles. The van der Waals surface area contributed by atoms with Crippen LogP contribution in [0.2, 0.25) is 0 Å². The summed E-state index contributed by atoms with van der Waals surface area (Å²) in [6, 6.07) is 0. The van der Waals surface area contributed by atoms with Gasteiger partial charge in [-0.25, -0.2) is 0 Å². The zero-order valence-corrected chi connectivity index (χ0v) is 32.1. The predicted octanol–water partition coefficient (Wildman–Crippen LogP) is 12.4. The van der Waals surface area contributed by atoms with E-state index in [-0.39, 0.29) is 37.5 Å². The Labute approximate surface area is 306 Å². The molecule has 50 heavy (non-hydrogen) atoms. The topological polar surface area (TPSA) is 78.9 Å². The fourth-order valence-electron chi connectivity index (χ4n) is 4.99. The maximum absolute atomic E-state index is 12.5. The highest BCUT2D eigenvalue weighted by Gasteiger charge is 2.19. The summed E-state index contributed by atoms with van der Waals surface area (Å²) in [5, 5.41) is 0. The summed E-state index contributed by atoms with van der Waals surface area (Å²) >= 11 is 0. The Morgan fingerprint density at radius 1 is 0.420 bits per heavy atom. The fourth-order valence-corrected chi connectivity index (χ4v) is 4.99. The van der Waals surface area contributed by atoms with Gasteiger partial charge in [0.1, 0.15) is 13.2 Å². The third-order valence-electron chi connectivity index (χ3n) is 7.99. The minimum atomic E-state index is -0.796. The van der Waals surface area contributed by atoms with Crippen molar-refractivity contribution in [3.63, 3.8) is 0 Å². The summed E-state index contributed by atoms with van der Waals surface area (Å²) in [6.45, 7) is 6.30. The number of esters is 3. The molecule has 0 amide bonds. The molecular weight excluding hydrogens is 624 g/mol. The first-order valence-electron chi connectivity index (χ1n) is 19.9. The summed E-state index contributed by atoms with van der Waals surface area (Å²) in [7, 11) is 0. The second-order valence-electron chi connectivity index (χ2n) is 12.8. The molecule has 1 atom stereocenters. The number of carbonyl (C=O) groups is 3. The third kappa shape index (κ3) is 36.1. The van der Waals surface area contributed by atoms with Gasteiger partial charge in [0, 0.05) is 19.3 Å². The molecule has 0 aromatic carbocycles. The standard InChI is InChI=1S/C44H72O6/c1-4-7-10-13-15-17-18-19-20-21-22-23-24-25-26-27-29-31-34-37-43(46)49-40-41(39-48-42(45)36-33-30-12-9-6-3)50-44(47)38-35-32-28-16-14-11-8-5-2/h7,10,15,17,19-20,22-23,25-26,29,31,41H,4-6,8-9,11-14,16,18,21,24,27-28,30,32-40H2,1-3H3/b10-7-,17-15-,20-19-,23-22-,26-25-,31-29-. The van der Waals surface area contributed by atoms with E-state index in [0.717, 1.165) is 89.9 Å². The van der Waals surface area contributed by atoms with Crippen LogP contribution in [0.4, 0.5) is 0 Å². The molecule has 1 unspecified atom stereocenters. The number of unbranched alkanes of at least 4 members (excludes halogenated alkanes) is 11. The molecule has 0 N–H and O–H groups in total. The molecule has 0 fully saturated rings. The Balaban J connectivity index is 4.36. The fraction of sp³-hybridized carbons (Fsp3) is 0.659. The van der Waals surface area contributed by atoms with Crippen molar-refractivity contribution in [3.8, 4) is 0 Å².